The topological polar surface area (TPSA) is 56.7 Å². The van der Waals surface area contributed by atoms with Crippen molar-refractivity contribution in [3.8, 4) is 0 Å². The Kier molecular flexibility index (Phi) is 2.58. The van der Waals surface area contributed by atoms with Crippen LogP contribution in [0.3, 0.4) is 0 Å². The number of hydrogen-bond acceptors (Lipinski definition) is 3. The van der Waals surface area contributed by atoms with Crippen molar-refractivity contribution in [2.24, 2.45) is 5.92 Å². The second-order valence-corrected chi connectivity index (χ2v) is 4.00. The average molecular weight is 216 g/mol. The fourth-order valence-corrected chi connectivity index (χ4v) is 2.04. The van der Waals surface area contributed by atoms with Crippen LogP contribution in [0.1, 0.15) is 25.7 Å². The third-order valence-electron chi connectivity index (χ3n) is 2.89. The van der Waals surface area contributed by atoms with Gasteiger partial charge in [0.1, 0.15) is 0 Å². The van der Waals surface area contributed by atoms with E-state index in [-0.39, 0.29) is 6.42 Å². The van der Waals surface area contributed by atoms with Gasteiger partial charge in [-0.3, -0.25) is 0 Å². The van der Waals surface area contributed by atoms with Crippen LogP contribution in [-0.2, 0) is 6.54 Å². The lowest BCUT2D eigenvalue weighted by molar-refractivity contribution is -0.0411. The highest BCUT2D eigenvalue weighted by atomic mass is 19.3. The first-order valence-corrected chi connectivity index (χ1v) is 5.11. The van der Waals surface area contributed by atoms with Gasteiger partial charge in [-0.15, -0.1) is 5.10 Å². The summed E-state index contributed by atoms with van der Waals surface area (Å²) in [5.41, 5.74) is 5.37. The molecule has 0 spiro atoms. The van der Waals surface area contributed by atoms with Crippen molar-refractivity contribution < 1.29 is 8.78 Å². The first-order valence-electron chi connectivity index (χ1n) is 5.11. The van der Waals surface area contributed by atoms with Crippen LogP contribution in [0.2, 0.25) is 0 Å². The van der Waals surface area contributed by atoms with Crippen molar-refractivity contribution in [2.45, 2.75) is 38.2 Å². The minimum atomic E-state index is -2.50. The van der Waals surface area contributed by atoms with Crippen molar-refractivity contribution >= 4 is 5.82 Å². The molecule has 1 atom stereocenters. The standard InChI is InChI=1S/C9H14F2N4/c10-9(11)4-1-2-7(9)3-5-15-13-6-8(12)14-15/h6-7H,1-5H2,(H2,12,14). The smallest absolute Gasteiger partial charge is 0.251 e. The number of alkyl halides is 2. The summed E-state index contributed by atoms with van der Waals surface area (Å²) in [5, 5.41) is 7.72. The molecule has 2 N–H and O–H groups in total. The Bertz CT molecular complexity index is 337. The second kappa shape index (κ2) is 3.75. The Morgan fingerprint density at radius 2 is 2.40 bits per heavy atom. The normalized spacial score (nSPS) is 24.5. The number of nitrogens with zero attached hydrogens (tertiary/aromatic N) is 3. The molecule has 0 amide bonds. The van der Waals surface area contributed by atoms with Gasteiger partial charge in [-0.2, -0.15) is 9.90 Å². The number of aryl methyl sites for hydroxylation is 1. The minimum absolute atomic E-state index is 0.0202. The molecule has 15 heavy (non-hydrogen) atoms. The van der Waals surface area contributed by atoms with Crippen molar-refractivity contribution in [2.75, 3.05) is 5.73 Å². The summed E-state index contributed by atoms with van der Waals surface area (Å²) in [7, 11) is 0. The van der Waals surface area contributed by atoms with Crippen LogP contribution < -0.4 is 5.73 Å². The summed E-state index contributed by atoms with van der Waals surface area (Å²) >= 11 is 0. The maximum Gasteiger partial charge on any atom is 0.251 e. The van der Waals surface area contributed by atoms with Gasteiger partial charge < -0.3 is 5.73 Å². The second-order valence-electron chi connectivity index (χ2n) is 4.00. The third kappa shape index (κ3) is 2.24. The van der Waals surface area contributed by atoms with E-state index >= 15 is 0 Å². The number of anilines is 1. The highest BCUT2D eigenvalue weighted by Gasteiger charge is 2.43. The predicted molar refractivity (Wildman–Crippen MR) is 51.3 cm³/mol. The lowest BCUT2D eigenvalue weighted by Gasteiger charge is -2.18. The summed E-state index contributed by atoms with van der Waals surface area (Å²) < 4.78 is 26.5. The zero-order chi connectivity index (χ0) is 10.9. The van der Waals surface area contributed by atoms with Gasteiger partial charge >= 0.3 is 0 Å². The Morgan fingerprint density at radius 3 is 2.93 bits per heavy atom. The molecule has 1 unspecified atom stereocenters. The Hall–Kier alpha value is -1.20. The largest absolute Gasteiger partial charge is 0.381 e. The van der Waals surface area contributed by atoms with E-state index in [1.54, 1.807) is 0 Å². The molecule has 1 aliphatic carbocycles. The van der Waals surface area contributed by atoms with Gasteiger partial charge in [0.05, 0.1) is 12.7 Å². The third-order valence-corrected chi connectivity index (χ3v) is 2.89. The Balaban J connectivity index is 1.88. The van der Waals surface area contributed by atoms with Gasteiger partial charge in [0, 0.05) is 12.3 Å². The van der Waals surface area contributed by atoms with E-state index in [1.807, 2.05) is 0 Å². The molecule has 0 bridgehead atoms. The molecule has 1 aromatic heterocycles. The molecule has 4 nitrogen and oxygen atoms in total. The van der Waals surface area contributed by atoms with Crippen LogP contribution in [0.4, 0.5) is 14.6 Å². The maximum absolute atomic E-state index is 13.2. The van der Waals surface area contributed by atoms with Crippen molar-refractivity contribution in [1.29, 1.82) is 0 Å². The molecule has 0 aliphatic heterocycles. The number of nitrogen functional groups attached to an aromatic ring is 1. The molecule has 1 fully saturated rings. The van der Waals surface area contributed by atoms with Gasteiger partial charge in [0.15, 0.2) is 5.82 Å². The summed E-state index contributed by atoms with van der Waals surface area (Å²) in [4.78, 5) is 1.38. The zero-order valence-electron chi connectivity index (χ0n) is 8.37. The van der Waals surface area contributed by atoms with Gasteiger partial charge in [-0.25, -0.2) is 8.78 Å². The van der Waals surface area contributed by atoms with Gasteiger partial charge in [-0.05, 0) is 19.3 Å². The minimum Gasteiger partial charge on any atom is -0.381 e. The summed E-state index contributed by atoms with van der Waals surface area (Å²) in [5.74, 6) is -2.70. The predicted octanol–water partition coefficient (Wildman–Crippen LogP) is 1.69. The maximum atomic E-state index is 13.2. The number of nitrogens with two attached hydrogens (primary N) is 1. The van der Waals surface area contributed by atoms with E-state index in [9.17, 15) is 8.78 Å². The van der Waals surface area contributed by atoms with Crippen LogP contribution in [-0.4, -0.2) is 20.9 Å². The van der Waals surface area contributed by atoms with E-state index in [4.69, 9.17) is 5.73 Å². The van der Waals surface area contributed by atoms with Crippen LogP contribution in [0.15, 0.2) is 6.20 Å². The highest BCUT2D eigenvalue weighted by Crippen LogP contribution is 2.42. The molecule has 0 aromatic carbocycles. The Labute approximate surface area is 86.4 Å². The van der Waals surface area contributed by atoms with E-state index in [0.717, 1.165) is 0 Å². The molecule has 0 saturated heterocycles. The SMILES string of the molecule is Nc1cnn(CCC2CCCC2(F)F)n1. The van der Waals surface area contributed by atoms with Gasteiger partial charge in [0.25, 0.3) is 5.92 Å². The van der Waals surface area contributed by atoms with E-state index in [1.165, 1.54) is 11.0 Å². The zero-order valence-corrected chi connectivity index (χ0v) is 8.37. The van der Waals surface area contributed by atoms with Crippen LogP contribution in [0, 0.1) is 5.92 Å². The number of halogens is 2. The molecular weight excluding hydrogens is 202 g/mol. The highest BCUT2D eigenvalue weighted by molar-refractivity contribution is 5.19. The number of aromatic nitrogens is 3. The van der Waals surface area contributed by atoms with Crippen LogP contribution in [0.25, 0.3) is 0 Å². The monoisotopic (exact) mass is 216 g/mol. The first kappa shape index (κ1) is 10.3. The Morgan fingerprint density at radius 1 is 1.60 bits per heavy atom. The van der Waals surface area contributed by atoms with Crippen LogP contribution >= 0.6 is 0 Å². The van der Waals surface area contributed by atoms with E-state index in [0.29, 0.717) is 31.6 Å². The summed E-state index contributed by atoms with van der Waals surface area (Å²) in [6, 6.07) is 0. The van der Waals surface area contributed by atoms with Crippen molar-refractivity contribution in [3.05, 3.63) is 6.20 Å². The summed E-state index contributed by atoms with van der Waals surface area (Å²) in [6.45, 7) is 0.414. The fourth-order valence-electron chi connectivity index (χ4n) is 2.04. The molecular formula is C9H14F2N4. The van der Waals surface area contributed by atoms with E-state index < -0.39 is 11.8 Å². The first-order chi connectivity index (χ1) is 7.08. The van der Waals surface area contributed by atoms with Crippen molar-refractivity contribution in [3.63, 3.8) is 0 Å². The molecule has 1 aromatic rings. The van der Waals surface area contributed by atoms with Crippen molar-refractivity contribution in [1.82, 2.24) is 15.0 Å². The lowest BCUT2D eigenvalue weighted by Crippen LogP contribution is -2.23. The van der Waals surface area contributed by atoms with Gasteiger partial charge in [-0.1, -0.05) is 0 Å². The molecule has 6 heteroatoms. The molecule has 2 rings (SSSR count). The molecule has 84 valence electrons. The molecule has 0 radical (unpaired) electrons. The fraction of sp³-hybridized carbons (Fsp3) is 0.778. The quantitative estimate of drug-likeness (QED) is 0.836. The lowest BCUT2D eigenvalue weighted by atomic mass is 10.0. The average Bonchev–Trinajstić information content (AvgIpc) is 2.69. The molecule has 1 saturated carbocycles. The number of hydrogen-bond donors (Lipinski definition) is 1. The number of rotatable bonds is 3. The molecule has 1 aliphatic rings. The van der Waals surface area contributed by atoms with Crippen LogP contribution in [0.5, 0.6) is 0 Å². The van der Waals surface area contributed by atoms with Gasteiger partial charge in [0.2, 0.25) is 0 Å². The molecule has 1 heterocycles. The van der Waals surface area contributed by atoms with E-state index in [2.05, 4.69) is 10.2 Å². The summed E-state index contributed by atoms with van der Waals surface area (Å²) in [6.07, 6.45) is 3.08.